The van der Waals surface area contributed by atoms with E-state index in [4.69, 9.17) is 14.7 Å². The largest absolute Gasteiger partial charge is 0.493 e. The maximum Gasteiger partial charge on any atom is 0.184 e. The summed E-state index contributed by atoms with van der Waals surface area (Å²) in [6.07, 6.45) is 1.67. The van der Waals surface area contributed by atoms with Crippen LogP contribution in [0, 0.1) is 11.3 Å². The van der Waals surface area contributed by atoms with Crippen LogP contribution < -0.4 is 14.8 Å². The molecule has 2 aromatic rings. The lowest BCUT2D eigenvalue weighted by molar-refractivity contribution is 0.350. The summed E-state index contributed by atoms with van der Waals surface area (Å²) >= 11 is 3.44. The van der Waals surface area contributed by atoms with Gasteiger partial charge in [-0.25, -0.2) is 0 Å². The highest BCUT2D eigenvalue weighted by Gasteiger charge is 2.11. The summed E-state index contributed by atoms with van der Waals surface area (Å²) in [5.74, 6) is 1.25. The smallest absolute Gasteiger partial charge is 0.184 e. The number of rotatable bonds is 5. The second-order valence-corrected chi connectivity index (χ2v) is 5.01. The van der Waals surface area contributed by atoms with Crippen molar-refractivity contribution in [2.75, 3.05) is 19.5 Å². The fourth-order valence-corrected chi connectivity index (χ4v) is 2.40. The van der Waals surface area contributed by atoms with Gasteiger partial charge in [-0.3, -0.25) is 4.98 Å². The first-order chi connectivity index (χ1) is 10.2. The third kappa shape index (κ3) is 3.44. The Morgan fingerprint density at radius 1 is 1.29 bits per heavy atom. The van der Waals surface area contributed by atoms with Crippen LogP contribution in [0.25, 0.3) is 0 Å². The number of anilines is 1. The number of hydrogen-bond acceptors (Lipinski definition) is 5. The van der Waals surface area contributed by atoms with Gasteiger partial charge in [0, 0.05) is 22.4 Å². The molecule has 0 aliphatic carbocycles. The van der Waals surface area contributed by atoms with E-state index < -0.39 is 0 Å². The molecule has 21 heavy (non-hydrogen) atoms. The van der Waals surface area contributed by atoms with Crippen molar-refractivity contribution in [3.05, 3.63) is 46.2 Å². The normalized spacial score (nSPS) is 9.81. The Hall–Kier alpha value is -2.26. The van der Waals surface area contributed by atoms with Crippen LogP contribution in [0.1, 0.15) is 11.3 Å². The van der Waals surface area contributed by atoms with E-state index >= 15 is 0 Å². The summed E-state index contributed by atoms with van der Waals surface area (Å²) < 4.78 is 11.4. The molecule has 1 aromatic carbocycles. The van der Waals surface area contributed by atoms with Gasteiger partial charge in [-0.15, -0.1) is 0 Å². The lowest BCUT2D eigenvalue weighted by Crippen LogP contribution is -2.05. The number of halogens is 1. The Morgan fingerprint density at radius 2 is 2.10 bits per heavy atom. The molecule has 0 aliphatic rings. The number of hydrogen-bond donors (Lipinski definition) is 1. The highest BCUT2D eigenvalue weighted by molar-refractivity contribution is 9.10. The van der Waals surface area contributed by atoms with Crippen LogP contribution in [-0.4, -0.2) is 19.2 Å². The Morgan fingerprint density at radius 3 is 2.71 bits per heavy atom. The average molecular weight is 348 g/mol. The van der Waals surface area contributed by atoms with Gasteiger partial charge in [0.1, 0.15) is 5.69 Å². The predicted octanol–water partition coefficient (Wildman–Crippen LogP) is 3.35. The molecule has 0 bridgehead atoms. The molecule has 0 amide bonds. The number of benzene rings is 1. The van der Waals surface area contributed by atoms with Gasteiger partial charge in [0.15, 0.2) is 11.5 Å². The van der Waals surface area contributed by atoms with E-state index in [0.29, 0.717) is 23.6 Å². The van der Waals surface area contributed by atoms with Crippen LogP contribution >= 0.6 is 15.9 Å². The van der Waals surface area contributed by atoms with Crippen LogP contribution in [0.5, 0.6) is 11.5 Å². The third-order valence-corrected chi connectivity index (χ3v) is 3.57. The molecule has 0 saturated heterocycles. The van der Waals surface area contributed by atoms with Crippen molar-refractivity contribution < 1.29 is 9.47 Å². The Balaban J connectivity index is 2.19. The molecular weight excluding hydrogens is 334 g/mol. The minimum atomic E-state index is 0.477. The number of nitriles is 1. The van der Waals surface area contributed by atoms with Crippen LogP contribution in [-0.2, 0) is 6.54 Å². The molecule has 2 rings (SSSR count). The quantitative estimate of drug-likeness (QED) is 0.898. The number of ether oxygens (including phenoxy) is 2. The number of nitrogens with zero attached hydrogens (tertiary/aromatic N) is 2. The SMILES string of the molecule is COc1ccnc(CNc2ccc(C#N)cc2Br)c1OC. The number of aromatic nitrogens is 1. The molecule has 5 nitrogen and oxygen atoms in total. The number of methoxy groups -OCH3 is 2. The van der Waals surface area contributed by atoms with E-state index in [2.05, 4.69) is 32.3 Å². The van der Waals surface area contributed by atoms with E-state index in [9.17, 15) is 0 Å². The first-order valence-corrected chi connectivity index (χ1v) is 6.98. The molecule has 1 aromatic heterocycles. The molecular formula is C15H14BrN3O2. The molecule has 0 unspecified atom stereocenters. The molecule has 0 spiro atoms. The van der Waals surface area contributed by atoms with E-state index in [0.717, 1.165) is 15.9 Å². The standard InChI is InChI=1S/C15H14BrN3O2/c1-20-14-5-6-18-13(15(14)21-2)9-19-12-4-3-10(8-17)7-11(12)16/h3-7,19H,9H2,1-2H3. The first-order valence-electron chi connectivity index (χ1n) is 6.19. The molecule has 6 heteroatoms. The highest BCUT2D eigenvalue weighted by Crippen LogP contribution is 2.30. The molecule has 1 N–H and O–H groups in total. The zero-order valence-electron chi connectivity index (χ0n) is 11.7. The maximum atomic E-state index is 8.86. The van der Waals surface area contributed by atoms with Crippen molar-refractivity contribution in [1.82, 2.24) is 4.98 Å². The predicted molar refractivity (Wildman–Crippen MR) is 83.5 cm³/mol. The minimum Gasteiger partial charge on any atom is -0.493 e. The molecule has 0 atom stereocenters. The topological polar surface area (TPSA) is 67.2 Å². The lowest BCUT2D eigenvalue weighted by Gasteiger charge is -2.13. The number of nitrogens with one attached hydrogen (secondary N) is 1. The second-order valence-electron chi connectivity index (χ2n) is 4.15. The summed E-state index contributed by atoms with van der Waals surface area (Å²) in [6, 6.07) is 9.20. The second kappa shape index (κ2) is 6.95. The van der Waals surface area contributed by atoms with Gasteiger partial charge >= 0.3 is 0 Å². The van der Waals surface area contributed by atoms with Crippen molar-refractivity contribution in [2.24, 2.45) is 0 Å². The zero-order valence-corrected chi connectivity index (χ0v) is 13.3. The van der Waals surface area contributed by atoms with Gasteiger partial charge in [-0.2, -0.15) is 5.26 Å². The Bertz CT molecular complexity index is 683. The van der Waals surface area contributed by atoms with E-state index in [-0.39, 0.29) is 0 Å². The molecule has 0 aliphatic heterocycles. The molecule has 1 heterocycles. The van der Waals surface area contributed by atoms with Gasteiger partial charge < -0.3 is 14.8 Å². The van der Waals surface area contributed by atoms with Crippen molar-refractivity contribution in [3.8, 4) is 17.6 Å². The van der Waals surface area contributed by atoms with Crippen LogP contribution in [0.2, 0.25) is 0 Å². The van der Waals surface area contributed by atoms with E-state index in [1.165, 1.54) is 0 Å². The summed E-state index contributed by atoms with van der Waals surface area (Å²) in [5.41, 5.74) is 2.22. The molecule has 0 saturated carbocycles. The van der Waals surface area contributed by atoms with Gasteiger partial charge in [-0.05, 0) is 34.1 Å². The van der Waals surface area contributed by atoms with Gasteiger partial charge in [-0.1, -0.05) is 0 Å². The highest BCUT2D eigenvalue weighted by atomic mass is 79.9. The third-order valence-electron chi connectivity index (χ3n) is 2.91. The maximum absolute atomic E-state index is 8.86. The molecule has 108 valence electrons. The van der Waals surface area contributed by atoms with Gasteiger partial charge in [0.2, 0.25) is 0 Å². The molecule has 0 fully saturated rings. The van der Waals surface area contributed by atoms with E-state index in [1.54, 1.807) is 38.6 Å². The lowest BCUT2D eigenvalue weighted by atomic mass is 10.2. The summed E-state index contributed by atoms with van der Waals surface area (Å²) in [5, 5.41) is 12.1. The zero-order chi connectivity index (χ0) is 15.2. The van der Waals surface area contributed by atoms with E-state index in [1.807, 2.05) is 6.07 Å². The summed E-state index contributed by atoms with van der Waals surface area (Å²) in [4.78, 5) is 4.30. The molecule has 0 radical (unpaired) electrons. The monoisotopic (exact) mass is 347 g/mol. The Labute approximate surface area is 131 Å². The fourth-order valence-electron chi connectivity index (χ4n) is 1.88. The van der Waals surface area contributed by atoms with Crippen molar-refractivity contribution in [1.29, 1.82) is 5.26 Å². The van der Waals surface area contributed by atoms with Crippen molar-refractivity contribution >= 4 is 21.6 Å². The average Bonchev–Trinajstić information content (AvgIpc) is 2.52. The Kier molecular flexibility index (Phi) is 5.01. The minimum absolute atomic E-state index is 0.477. The fraction of sp³-hybridized carbons (Fsp3) is 0.200. The van der Waals surface area contributed by atoms with Crippen LogP contribution in [0.4, 0.5) is 5.69 Å². The van der Waals surface area contributed by atoms with Crippen molar-refractivity contribution in [2.45, 2.75) is 6.54 Å². The summed E-state index contributed by atoms with van der Waals surface area (Å²) in [6.45, 7) is 0.477. The number of pyridine rings is 1. The summed E-state index contributed by atoms with van der Waals surface area (Å²) in [7, 11) is 3.17. The van der Waals surface area contributed by atoms with Crippen LogP contribution in [0.3, 0.4) is 0 Å². The van der Waals surface area contributed by atoms with Gasteiger partial charge in [0.05, 0.1) is 32.4 Å². The first kappa shape index (κ1) is 15.1. The van der Waals surface area contributed by atoms with Crippen molar-refractivity contribution in [3.63, 3.8) is 0 Å². The van der Waals surface area contributed by atoms with Gasteiger partial charge in [0.25, 0.3) is 0 Å². The van der Waals surface area contributed by atoms with Crippen LogP contribution in [0.15, 0.2) is 34.9 Å².